The summed E-state index contributed by atoms with van der Waals surface area (Å²) in [6.45, 7) is 8.00. The number of oxazole rings is 1. The highest BCUT2D eigenvalue weighted by Gasteiger charge is 2.11. The van der Waals surface area contributed by atoms with Crippen molar-refractivity contribution in [2.24, 2.45) is 0 Å². The predicted molar refractivity (Wildman–Crippen MR) is 98.1 cm³/mol. The second kappa shape index (κ2) is 6.97. The van der Waals surface area contributed by atoms with E-state index in [0.29, 0.717) is 17.2 Å². The standard InChI is InChI=1S/C20H22N2O3/c1-12(2)20-22-16-9-8-15(10-18(16)25-20)21-19(23)11-24-17-7-5-6-13(3)14(17)4/h5-10,12H,11H2,1-4H3,(H,21,23). The van der Waals surface area contributed by atoms with E-state index in [1.165, 1.54) is 0 Å². The second-order valence-corrected chi connectivity index (χ2v) is 6.42. The number of ether oxygens (including phenoxy) is 1. The molecule has 0 fully saturated rings. The van der Waals surface area contributed by atoms with E-state index in [1.54, 1.807) is 6.07 Å². The first kappa shape index (κ1) is 17.0. The third kappa shape index (κ3) is 3.82. The van der Waals surface area contributed by atoms with Gasteiger partial charge in [-0.1, -0.05) is 26.0 Å². The molecule has 1 heterocycles. The first-order valence-electron chi connectivity index (χ1n) is 8.33. The Labute approximate surface area is 147 Å². The minimum absolute atomic E-state index is 0.0457. The van der Waals surface area contributed by atoms with E-state index < -0.39 is 0 Å². The fourth-order valence-corrected chi connectivity index (χ4v) is 2.49. The van der Waals surface area contributed by atoms with Gasteiger partial charge in [0.1, 0.15) is 11.3 Å². The first-order valence-corrected chi connectivity index (χ1v) is 8.33. The normalized spacial score (nSPS) is 11.1. The minimum atomic E-state index is -0.219. The number of benzene rings is 2. The average Bonchev–Trinajstić information content (AvgIpc) is 3.00. The average molecular weight is 338 g/mol. The summed E-state index contributed by atoms with van der Waals surface area (Å²) < 4.78 is 11.3. The van der Waals surface area contributed by atoms with Gasteiger partial charge in [-0.05, 0) is 43.2 Å². The molecule has 1 aromatic heterocycles. The van der Waals surface area contributed by atoms with Crippen molar-refractivity contribution in [2.45, 2.75) is 33.6 Å². The molecule has 0 aliphatic carbocycles. The summed E-state index contributed by atoms with van der Waals surface area (Å²) in [7, 11) is 0. The molecule has 0 bridgehead atoms. The SMILES string of the molecule is Cc1cccc(OCC(=O)Nc2ccc3nc(C(C)C)oc3c2)c1C. The van der Waals surface area contributed by atoms with Crippen LogP contribution < -0.4 is 10.1 Å². The molecule has 1 N–H and O–H groups in total. The summed E-state index contributed by atoms with van der Waals surface area (Å²) in [6.07, 6.45) is 0. The molecule has 25 heavy (non-hydrogen) atoms. The van der Waals surface area contributed by atoms with Crippen molar-refractivity contribution in [1.82, 2.24) is 4.98 Å². The summed E-state index contributed by atoms with van der Waals surface area (Å²) in [5.74, 6) is 1.42. The Balaban J connectivity index is 1.66. The van der Waals surface area contributed by atoms with Crippen molar-refractivity contribution in [3.05, 3.63) is 53.4 Å². The molecule has 0 atom stereocenters. The Morgan fingerprint density at radius 1 is 1.24 bits per heavy atom. The number of fused-ring (bicyclic) bond motifs is 1. The zero-order chi connectivity index (χ0) is 18.0. The van der Waals surface area contributed by atoms with Gasteiger partial charge in [0.2, 0.25) is 0 Å². The van der Waals surface area contributed by atoms with Crippen LogP contribution in [0.4, 0.5) is 5.69 Å². The molecule has 3 rings (SSSR count). The highest BCUT2D eigenvalue weighted by atomic mass is 16.5. The van der Waals surface area contributed by atoms with Gasteiger partial charge in [0.25, 0.3) is 5.91 Å². The van der Waals surface area contributed by atoms with Gasteiger partial charge in [-0.2, -0.15) is 0 Å². The number of carbonyl (C=O) groups excluding carboxylic acids is 1. The molecular formula is C20H22N2O3. The van der Waals surface area contributed by atoms with E-state index in [4.69, 9.17) is 9.15 Å². The van der Waals surface area contributed by atoms with Crippen LogP contribution in [0.15, 0.2) is 40.8 Å². The smallest absolute Gasteiger partial charge is 0.262 e. The van der Waals surface area contributed by atoms with E-state index in [1.807, 2.05) is 58.0 Å². The van der Waals surface area contributed by atoms with E-state index >= 15 is 0 Å². The summed E-state index contributed by atoms with van der Waals surface area (Å²) >= 11 is 0. The molecule has 0 saturated carbocycles. The van der Waals surface area contributed by atoms with Crippen LogP contribution in [0.25, 0.3) is 11.1 Å². The zero-order valence-corrected chi connectivity index (χ0v) is 14.9. The number of nitrogens with one attached hydrogen (secondary N) is 1. The molecule has 5 nitrogen and oxygen atoms in total. The molecule has 130 valence electrons. The number of carbonyl (C=O) groups is 1. The summed E-state index contributed by atoms with van der Waals surface area (Å²) in [4.78, 5) is 16.6. The maximum Gasteiger partial charge on any atom is 0.262 e. The Hall–Kier alpha value is -2.82. The molecular weight excluding hydrogens is 316 g/mol. The van der Waals surface area contributed by atoms with Gasteiger partial charge in [0.15, 0.2) is 18.1 Å². The largest absolute Gasteiger partial charge is 0.483 e. The first-order chi connectivity index (χ1) is 11.9. The summed E-state index contributed by atoms with van der Waals surface area (Å²) in [6, 6.07) is 11.2. The highest BCUT2D eigenvalue weighted by molar-refractivity contribution is 5.93. The number of hydrogen-bond donors (Lipinski definition) is 1. The zero-order valence-electron chi connectivity index (χ0n) is 14.9. The summed E-state index contributed by atoms with van der Waals surface area (Å²) in [5, 5.41) is 2.83. The van der Waals surface area contributed by atoms with Crippen LogP contribution >= 0.6 is 0 Å². The van der Waals surface area contributed by atoms with Gasteiger partial charge < -0.3 is 14.5 Å². The van der Waals surface area contributed by atoms with Crippen LogP contribution in [-0.4, -0.2) is 17.5 Å². The lowest BCUT2D eigenvalue weighted by Gasteiger charge is -2.11. The van der Waals surface area contributed by atoms with Gasteiger partial charge in [-0.3, -0.25) is 4.79 Å². The molecule has 0 radical (unpaired) electrons. The van der Waals surface area contributed by atoms with Crippen molar-refractivity contribution < 1.29 is 13.9 Å². The van der Waals surface area contributed by atoms with Gasteiger partial charge in [0, 0.05) is 17.7 Å². The molecule has 0 spiro atoms. The molecule has 2 aromatic carbocycles. The quantitative estimate of drug-likeness (QED) is 0.739. The van der Waals surface area contributed by atoms with Gasteiger partial charge in [-0.25, -0.2) is 4.98 Å². The summed E-state index contributed by atoms with van der Waals surface area (Å²) in [5.41, 5.74) is 4.29. The Bertz CT molecular complexity index is 912. The van der Waals surface area contributed by atoms with Crippen molar-refractivity contribution in [1.29, 1.82) is 0 Å². The van der Waals surface area contributed by atoms with E-state index in [0.717, 1.165) is 22.4 Å². The van der Waals surface area contributed by atoms with Crippen LogP contribution in [-0.2, 0) is 4.79 Å². The number of aryl methyl sites for hydroxylation is 1. The molecule has 0 aliphatic rings. The third-order valence-corrected chi connectivity index (χ3v) is 4.10. The van der Waals surface area contributed by atoms with Crippen LogP contribution in [0, 0.1) is 13.8 Å². The monoisotopic (exact) mass is 338 g/mol. The minimum Gasteiger partial charge on any atom is -0.483 e. The number of nitrogens with zero attached hydrogens (tertiary/aromatic N) is 1. The topological polar surface area (TPSA) is 64.4 Å². The fourth-order valence-electron chi connectivity index (χ4n) is 2.49. The molecule has 0 aliphatic heterocycles. The lowest BCUT2D eigenvalue weighted by molar-refractivity contribution is -0.118. The molecule has 1 amide bonds. The lowest BCUT2D eigenvalue weighted by Crippen LogP contribution is -2.20. The van der Waals surface area contributed by atoms with Crippen LogP contribution in [0.2, 0.25) is 0 Å². The number of amides is 1. The number of aromatic nitrogens is 1. The maximum absolute atomic E-state index is 12.1. The van der Waals surface area contributed by atoms with Crippen molar-refractivity contribution in [3.8, 4) is 5.75 Å². The second-order valence-electron chi connectivity index (χ2n) is 6.42. The van der Waals surface area contributed by atoms with Gasteiger partial charge in [0.05, 0.1) is 0 Å². The Kier molecular flexibility index (Phi) is 4.74. The molecule has 0 unspecified atom stereocenters. The Morgan fingerprint density at radius 3 is 2.80 bits per heavy atom. The lowest BCUT2D eigenvalue weighted by atomic mass is 10.1. The van der Waals surface area contributed by atoms with Crippen LogP contribution in [0.3, 0.4) is 0 Å². The molecule has 0 saturated heterocycles. The van der Waals surface area contributed by atoms with Crippen LogP contribution in [0.1, 0.15) is 36.8 Å². The van der Waals surface area contributed by atoms with E-state index in [-0.39, 0.29) is 18.4 Å². The third-order valence-electron chi connectivity index (χ3n) is 4.10. The Morgan fingerprint density at radius 2 is 2.04 bits per heavy atom. The van der Waals surface area contributed by atoms with Crippen LogP contribution in [0.5, 0.6) is 5.75 Å². The number of hydrogen-bond acceptors (Lipinski definition) is 4. The predicted octanol–water partition coefficient (Wildman–Crippen LogP) is 4.59. The van der Waals surface area contributed by atoms with E-state index in [9.17, 15) is 4.79 Å². The fraction of sp³-hybridized carbons (Fsp3) is 0.300. The van der Waals surface area contributed by atoms with Crippen molar-refractivity contribution in [2.75, 3.05) is 11.9 Å². The van der Waals surface area contributed by atoms with Crippen molar-refractivity contribution in [3.63, 3.8) is 0 Å². The van der Waals surface area contributed by atoms with Gasteiger partial charge >= 0.3 is 0 Å². The van der Waals surface area contributed by atoms with Gasteiger partial charge in [-0.15, -0.1) is 0 Å². The van der Waals surface area contributed by atoms with E-state index in [2.05, 4.69) is 10.3 Å². The molecule has 3 aromatic rings. The number of rotatable bonds is 5. The number of anilines is 1. The molecule has 5 heteroatoms. The highest BCUT2D eigenvalue weighted by Crippen LogP contribution is 2.24. The van der Waals surface area contributed by atoms with Crippen molar-refractivity contribution >= 4 is 22.7 Å². The maximum atomic E-state index is 12.1.